The Balaban J connectivity index is 1.81. The van der Waals surface area contributed by atoms with E-state index in [-0.39, 0.29) is 0 Å². The molecule has 0 aliphatic heterocycles. The molecular weight excluding hydrogens is 330 g/mol. The quantitative estimate of drug-likeness (QED) is 0.332. The van der Waals surface area contributed by atoms with Crippen LogP contribution in [-0.2, 0) is 7.05 Å². The molecule has 0 amide bonds. The summed E-state index contributed by atoms with van der Waals surface area (Å²) < 4.78 is 2.29. The van der Waals surface area contributed by atoms with E-state index in [2.05, 4.69) is 83.0 Å². The number of fused-ring (bicyclic) bond motifs is 3. The lowest BCUT2D eigenvalue weighted by Crippen LogP contribution is -1.86. The third-order valence-corrected chi connectivity index (χ3v) is 6.46. The van der Waals surface area contributed by atoms with Crippen molar-refractivity contribution >= 4 is 44.5 Å². The van der Waals surface area contributed by atoms with E-state index in [9.17, 15) is 0 Å². The maximum absolute atomic E-state index is 2.34. The number of hydrogen-bond donors (Lipinski definition) is 0. The lowest BCUT2D eigenvalue weighted by Gasteiger charge is -2.00. The molecule has 0 aliphatic rings. The fraction of sp³-hybridized carbons (Fsp3) is 0.0476. The molecule has 0 saturated heterocycles. The van der Waals surface area contributed by atoms with E-state index in [0.717, 1.165) is 0 Å². The zero-order valence-electron chi connectivity index (χ0n) is 13.2. The molecule has 3 heterocycles. The van der Waals surface area contributed by atoms with Crippen molar-refractivity contribution in [2.24, 2.45) is 7.05 Å². The van der Waals surface area contributed by atoms with Crippen LogP contribution in [0.5, 0.6) is 0 Å². The van der Waals surface area contributed by atoms with Gasteiger partial charge in [-0.1, -0.05) is 24.3 Å². The molecule has 0 unspecified atom stereocenters. The van der Waals surface area contributed by atoms with Gasteiger partial charge in [0.25, 0.3) is 0 Å². The van der Waals surface area contributed by atoms with Crippen molar-refractivity contribution in [3.63, 3.8) is 0 Å². The molecule has 2 aromatic carbocycles. The van der Waals surface area contributed by atoms with Gasteiger partial charge in [0, 0.05) is 38.6 Å². The van der Waals surface area contributed by atoms with E-state index in [4.69, 9.17) is 0 Å². The molecule has 116 valence electrons. The number of nitrogens with zero attached hydrogens (tertiary/aromatic N) is 1. The predicted molar refractivity (Wildman–Crippen MR) is 107 cm³/mol. The summed E-state index contributed by atoms with van der Waals surface area (Å²) in [6.45, 7) is 0. The van der Waals surface area contributed by atoms with Crippen LogP contribution in [0.15, 0.2) is 71.4 Å². The maximum atomic E-state index is 2.34. The van der Waals surface area contributed by atoms with Crippen molar-refractivity contribution in [3.05, 3.63) is 71.4 Å². The number of thiophene rings is 2. The van der Waals surface area contributed by atoms with Crippen LogP contribution in [0.2, 0.25) is 0 Å². The van der Waals surface area contributed by atoms with Gasteiger partial charge in [-0.2, -0.15) is 0 Å². The second kappa shape index (κ2) is 5.33. The highest BCUT2D eigenvalue weighted by Crippen LogP contribution is 2.36. The van der Waals surface area contributed by atoms with Crippen molar-refractivity contribution in [1.29, 1.82) is 0 Å². The molecule has 3 heteroatoms. The topological polar surface area (TPSA) is 4.93 Å². The van der Waals surface area contributed by atoms with Gasteiger partial charge >= 0.3 is 0 Å². The summed E-state index contributed by atoms with van der Waals surface area (Å²) in [5.41, 5.74) is 5.17. The van der Waals surface area contributed by atoms with Crippen LogP contribution in [0, 0.1) is 0 Å². The summed E-state index contributed by atoms with van der Waals surface area (Å²) in [6.07, 6.45) is 0. The van der Waals surface area contributed by atoms with Crippen molar-refractivity contribution in [3.8, 4) is 20.9 Å². The number of aromatic nitrogens is 1. The standard InChI is InChI=1S/C21H15NS2/c1-22-18-8-6-14(20-4-2-10-23-20)12-16(18)17-13-15(7-9-19(17)22)21-5-3-11-24-21/h2-13H,1H3. The van der Waals surface area contributed by atoms with E-state index >= 15 is 0 Å². The molecule has 0 bridgehead atoms. The Labute approximate surface area is 148 Å². The summed E-state index contributed by atoms with van der Waals surface area (Å²) in [6, 6.07) is 22.2. The molecule has 0 fully saturated rings. The van der Waals surface area contributed by atoms with Crippen molar-refractivity contribution in [2.45, 2.75) is 0 Å². The first-order valence-electron chi connectivity index (χ1n) is 7.91. The second-order valence-corrected chi connectivity index (χ2v) is 7.87. The van der Waals surface area contributed by atoms with Crippen LogP contribution in [-0.4, -0.2) is 4.57 Å². The van der Waals surface area contributed by atoms with Gasteiger partial charge in [0.2, 0.25) is 0 Å². The molecule has 0 N–H and O–H groups in total. The van der Waals surface area contributed by atoms with Gasteiger partial charge < -0.3 is 4.57 Å². The van der Waals surface area contributed by atoms with E-state index in [1.54, 1.807) is 22.7 Å². The summed E-state index contributed by atoms with van der Waals surface area (Å²) in [4.78, 5) is 2.65. The van der Waals surface area contributed by atoms with E-state index in [0.29, 0.717) is 0 Å². The van der Waals surface area contributed by atoms with Gasteiger partial charge in [-0.15, -0.1) is 22.7 Å². The highest BCUT2D eigenvalue weighted by atomic mass is 32.1. The lowest BCUT2D eigenvalue weighted by molar-refractivity contribution is 1.01. The van der Waals surface area contributed by atoms with Gasteiger partial charge in [0.1, 0.15) is 0 Å². The Bertz CT molecular complexity index is 1050. The highest BCUT2D eigenvalue weighted by molar-refractivity contribution is 7.13. The van der Waals surface area contributed by atoms with Crippen LogP contribution < -0.4 is 0 Å². The van der Waals surface area contributed by atoms with E-state index in [1.165, 1.54) is 42.7 Å². The Hall–Kier alpha value is -2.36. The number of rotatable bonds is 2. The second-order valence-electron chi connectivity index (χ2n) is 5.98. The molecule has 24 heavy (non-hydrogen) atoms. The van der Waals surface area contributed by atoms with Crippen molar-refractivity contribution in [1.82, 2.24) is 4.57 Å². The van der Waals surface area contributed by atoms with Crippen LogP contribution in [0.3, 0.4) is 0 Å². The van der Waals surface area contributed by atoms with Gasteiger partial charge in [0.15, 0.2) is 0 Å². The first-order valence-corrected chi connectivity index (χ1v) is 9.67. The third kappa shape index (κ3) is 2.05. The van der Waals surface area contributed by atoms with E-state index in [1.807, 2.05) is 0 Å². The van der Waals surface area contributed by atoms with Crippen LogP contribution in [0.1, 0.15) is 0 Å². The average molecular weight is 345 g/mol. The molecule has 1 nitrogen and oxygen atoms in total. The van der Waals surface area contributed by atoms with Gasteiger partial charge in [-0.25, -0.2) is 0 Å². The van der Waals surface area contributed by atoms with Crippen LogP contribution in [0.4, 0.5) is 0 Å². The van der Waals surface area contributed by atoms with Crippen molar-refractivity contribution in [2.75, 3.05) is 0 Å². The van der Waals surface area contributed by atoms with Gasteiger partial charge in [0.05, 0.1) is 0 Å². The molecule has 0 atom stereocenters. The molecular formula is C21H15NS2. The third-order valence-electron chi connectivity index (χ3n) is 4.62. The monoisotopic (exact) mass is 345 g/mol. The fourth-order valence-electron chi connectivity index (χ4n) is 3.41. The Morgan fingerprint density at radius 1 is 0.667 bits per heavy atom. The number of aryl methyl sites for hydroxylation is 1. The molecule has 5 rings (SSSR count). The Morgan fingerprint density at radius 3 is 1.58 bits per heavy atom. The molecule has 3 aromatic heterocycles. The van der Waals surface area contributed by atoms with Gasteiger partial charge in [-0.05, 0) is 58.3 Å². The smallest absolute Gasteiger partial charge is 0.0489 e. The normalized spacial score (nSPS) is 11.5. The minimum absolute atomic E-state index is 1.29. The zero-order chi connectivity index (χ0) is 16.1. The average Bonchev–Trinajstić information content (AvgIpc) is 3.36. The summed E-state index contributed by atoms with van der Waals surface area (Å²) in [5, 5.41) is 6.93. The first kappa shape index (κ1) is 14.0. The zero-order valence-corrected chi connectivity index (χ0v) is 14.8. The molecule has 0 aliphatic carbocycles. The van der Waals surface area contributed by atoms with Crippen LogP contribution >= 0.6 is 22.7 Å². The summed E-state index contributed by atoms with van der Waals surface area (Å²) in [7, 11) is 2.15. The SMILES string of the molecule is Cn1c2ccc(-c3cccs3)cc2c2cc(-c3cccs3)ccc21. The largest absolute Gasteiger partial charge is 0.344 e. The first-order chi connectivity index (χ1) is 11.8. The number of benzene rings is 2. The molecule has 0 spiro atoms. The Morgan fingerprint density at radius 2 is 1.17 bits per heavy atom. The van der Waals surface area contributed by atoms with Gasteiger partial charge in [-0.3, -0.25) is 0 Å². The summed E-state index contributed by atoms with van der Waals surface area (Å²) >= 11 is 3.59. The van der Waals surface area contributed by atoms with E-state index < -0.39 is 0 Å². The van der Waals surface area contributed by atoms with Crippen LogP contribution in [0.25, 0.3) is 42.7 Å². The molecule has 0 radical (unpaired) electrons. The molecule has 5 aromatic rings. The maximum Gasteiger partial charge on any atom is 0.0489 e. The summed E-state index contributed by atoms with van der Waals surface area (Å²) in [5.74, 6) is 0. The minimum Gasteiger partial charge on any atom is -0.344 e. The van der Waals surface area contributed by atoms with Crippen molar-refractivity contribution < 1.29 is 0 Å². The minimum atomic E-state index is 1.29. The highest BCUT2D eigenvalue weighted by Gasteiger charge is 2.11. The lowest BCUT2D eigenvalue weighted by atomic mass is 10.1. The Kier molecular flexibility index (Phi) is 3.12. The molecule has 0 saturated carbocycles. The predicted octanol–water partition coefficient (Wildman–Crippen LogP) is 6.79. The number of hydrogen-bond acceptors (Lipinski definition) is 2. The fourth-order valence-corrected chi connectivity index (χ4v) is 4.86.